The summed E-state index contributed by atoms with van der Waals surface area (Å²) in [6, 6.07) is 3.72. The van der Waals surface area contributed by atoms with E-state index in [0.717, 1.165) is 32.1 Å². The van der Waals surface area contributed by atoms with Crippen LogP contribution in [0.15, 0.2) is 10.6 Å². The predicted molar refractivity (Wildman–Crippen MR) is 107 cm³/mol. The van der Waals surface area contributed by atoms with Crippen molar-refractivity contribution in [3.05, 3.63) is 11.8 Å². The second-order valence-corrected chi connectivity index (χ2v) is 8.10. The molecule has 0 bridgehead atoms. The number of carbonyl (C=O) groups excluding carboxylic acids is 2. The van der Waals surface area contributed by atoms with Crippen LogP contribution in [-0.4, -0.2) is 71.1 Å². The molecule has 2 aliphatic rings. The Balaban J connectivity index is 1.44. The van der Waals surface area contributed by atoms with Gasteiger partial charge in [-0.15, -0.1) is 0 Å². The third-order valence-corrected chi connectivity index (χ3v) is 5.88. The molecule has 29 heavy (non-hydrogen) atoms. The van der Waals surface area contributed by atoms with Gasteiger partial charge in [0.1, 0.15) is 11.3 Å². The molecule has 1 unspecified atom stereocenters. The highest BCUT2D eigenvalue weighted by molar-refractivity contribution is 5.91. The molecule has 0 aromatic carbocycles. The molecule has 9 nitrogen and oxygen atoms in total. The monoisotopic (exact) mass is 402 g/mol. The Labute approximate surface area is 171 Å². The van der Waals surface area contributed by atoms with Crippen LogP contribution in [0.4, 0.5) is 5.82 Å². The van der Waals surface area contributed by atoms with E-state index in [-0.39, 0.29) is 24.4 Å². The standard InChI is InChI=1S/C20H30N6O3/c1-15-12-17(24-29-15)22-18(27)13-25-8-10-26(11-9-25)16(2)19(28)23-20(14-21)6-4-3-5-7-20/h12,16H,3-11,13H2,1-2H3,(H,23,28)(H,22,24,27). The van der Waals surface area contributed by atoms with Crippen LogP contribution in [0.5, 0.6) is 0 Å². The zero-order valence-corrected chi connectivity index (χ0v) is 17.2. The molecule has 3 rings (SSSR count). The summed E-state index contributed by atoms with van der Waals surface area (Å²) in [7, 11) is 0. The number of aryl methyl sites for hydroxylation is 1. The molecule has 2 amide bonds. The van der Waals surface area contributed by atoms with Gasteiger partial charge in [0.25, 0.3) is 0 Å². The van der Waals surface area contributed by atoms with E-state index in [2.05, 4.69) is 31.7 Å². The highest BCUT2D eigenvalue weighted by atomic mass is 16.5. The lowest BCUT2D eigenvalue weighted by Gasteiger charge is -2.39. The summed E-state index contributed by atoms with van der Waals surface area (Å²) in [6.07, 6.45) is 4.56. The van der Waals surface area contributed by atoms with Crippen molar-refractivity contribution in [3.8, 4) is 6.07 Å². The van der Waals surface area contributed by atoms with Gasteiger partial charge in [-0.2, -0.15) is 5.26 Å². The van der Waals surface area contributed by atoms with Crippen LogP contribution >= 0.6 is 0 Å². The van der Waals surface area contributed by atoms with Crippen molar-refractivity contribution >= 4 is 17.6 Å². The van der Waals surface area contributed by atoms with Crippen molar-refractivity contribution in [1.82, 2.24) is 20.3 Å². The smallest absolute Gasteiger partial charge is 0.239 e. The first-order chi connectivity index (χ1) is 13.9. The average Bonchev–Trinajstić information content (AvgIpc) is 3.13. The van der Waals surface area contributed by atoms with Gasteiger partial charge in [-0.3, -0.25) is 19.4 Å². The number of anilines is 1. The maximum atomic E-state index is 12.7. The van der Waals surface area contributed by atoms with Crippen LogP contribution < -0.4 is 10.6 Å². The van der Waals surface area contributed by atoms with Crippen LogP contribution in [0.2, 0.25) is 0 Å². The van der Waals surface area contributed by atoms with E-state index in [9.17, 15) is 14.9 Å². The highest BCUT2D eigenvalue weighted by Gasteiger charge is 2.36. The Hall–Kier alpha value is -2.44. The van der Waals surface area contributed by atoms with Gasteiger partial charge < -0.3 is 15.2 Å². The number of piperazine rings is 1. The number of rotatable bonds is 6. The summed E-state index contributed by atoms with van der Waals surface area (Å²) in [6.45, 7) is 6.73. The lowest BCUT2D eigenvalue weighted by atomic mass is 9.82. The number of hydrogen-bond acceptors (Lipinski definition) is 7. The fourth-order valence-electron chi connectivity index (χ4n) is 4.05. The first-order valence-corrected chi connectivity index (χ1v) is 10.3. The van der Waals surface area contributed by atoms with Crippen molar-refractivity contribution in [1.29, 1.82) is 5.26 Å². The van der Waals surface area contributed by atoms with E-state index in [4.69, 9.17) is 4.52 Å². The van der Waals surface area contributed by atoms with Gasteiger partial charge in [0.15, 0.2) is 5.82 Å². The van der Waals surface area contributed by atoms with Crippen molar-refractivity contribution < 1.29 is 14.1 Å². The van der Waals surface area contributed by atoms with Crippen LogP contribution in [-0.2, 0) is 9.59 Å². The molecule has 2 N–H and O–H groups in total. The summed E-state index contributed by atoms with van der Waals surface area (Å²) in [4.78, 5) is 29.1. The van der Waals surface area contributed by atoms with E-state index in [1.807, 2.05) is 6.92 Å². The number of nitrogens with zero attached hydrogens (tertiary/aromatic N) is 4. The van der Waals surface area contributed by atoms with Gasteiger partial charge in [0, 0.05) is 32.2 Å². The molecular formula is C20H30N6O3. The summed E-state index contributed by atoms with van der Waals surface area (Å²) in [5.74, 6) is 0.852. The average molecular weight is 402 g/mol. The maximum Gasteiger partial charge on any atom is 0.239 e. The summed E-state index contributed by atoms with van der Waals surface area (Å²) < 4.78 is 4.94. The molecule has 2 heterocycles. The Morgan fingerprint density at radius 2 is 1.97 bits per heavy atom. The molecule has 1 aliphatic heterocycles. The van der Waals surface area contributed by atoms with Crippen molar-refractivity contribution in [2.45, 2.75) is 57.5 Å². The number of carbonyl (C=O) groups is 2. The van der Waals surface area contributed by atoms with Crippen molar-refractivity contribution in [2.24, 2.45) is 0 Å². The van der Waals surface area contributed by atoms with Crippen LogP contribution in [0, 0.1) is 18.3 Å². The topological polar surface area (TPSA) is 114 Å². The number of nitriles is 1. The second-order valence-electron chi connectivity index (χ2n) is 8.10. The normalized spacial score (nSPS) is 21.1. The fourth-order valence-corrected chi connectivity index (χ4v) is 4.05. The molecule has 9 heteroatoms. The highest BCUT2D eigenvalue weighted by Crippen LogP contribution is 2.27. The minimum Gasteiger partial charge on any atom is -0.360 e. The fraction of sp³-hybridized carbons (Fsp3) is 0.700. The Bertz CT molecular complexity index is 757. The molecule has 1 saturated carbocycles. The third-order valence-electron chi connectivity index (χ3n) is 5.88. The van der Waals surface area contributed by atoms with Crippen LogP contribution in [0.25, 0.3) is 0 Å². The van der Waals surface area contributed by atoms with Crippen molar-refractivity contribution in [2.75, 3.05) is 38.0 Å². The largest absolute Gasteiger partial charge is 0.360 e. The zero-order chi connectivity index (χ0) is 20.9. The first-order valence-electron chi connectivity index (χ1n) is 10.3. The molecule has 2 fully saturated rings. The molecular weight excluding hydrogens is 372 g/mol. The predicted octanol–water partition coefficient (Wildman–Crippen LogP) is 1.27. The van der Waals surface area contributed by atoms with Gasteiger partial charge in [-0.05, 0) is 26.7 Å². The molecule has 1 atom stereocenters. The Morgan fingerprint density at radius 1 is 1.28 bits per heavy atom. The van der Waals surface area contributed by atoms with Crippen LogP contribution in [0.3, 0.4) is 0 Å². The minimum atomic E-state index is -0.705. The number of nitrogens with one attached hydrogen (secondary N) is 2. The second kappa shape index (κ2) is 9.37. The van der Waals surface area contributed by atoms with Crippen molar-refractivity contribution in [3.63, 3.8) is 0 Å². The summed E-state index contributed by atoms with van der Waals surface area (Å²) in [5, 5.41) is 19.1. The van der Waals surface area contributed by atoms with E-state index in [1.165, 1.54) is 0 Å². The van der Waals surface area contributed by atoms with E-state index >= 15 is 0 Å². The minimum absolute atomic E-state index is 0.0824. The molecule has 0 radical (unpaired) electrons. The molecule has 1 saturated heterocycles. The summed E-state index contributed by atoms with van der Waals surface area (Å²) in [5.41, 5.74) is -0.705. The maximum absolute atomic E-state index is 12.7. The SMILES string of the molecule is Cc1cc(NC(=O)CN2CCN(C(C)C(=O)NC3(C#N)CCCCC3)CC2)no1. The van der Waals surface area contributed by atoms with Gasteiger partial charge in [-0.1, -0.05) is 24.4 Å². The zero-order valence-electron chi connectivity index (χ0n) is 17.2. The summed E-state index contributed by atoms with van der Waals surface area (Å²) >= 11 is 0. The molecule has 1 aromatic heterocycles. The van der Waals surface area contributed by atoms with E-state index in [0.29, 0.717) is 37.8 Å². The first kappa shape index (κ1) is 21.3. The van der Waals surface area contributed by atoms with Crippen LogP contribution in [0.1, 0.15) is 44.8 Å². The van der Waals surface area contributed by atoms with Gasteiger partial charge in [-0.25, -0.2) is 0 Å². The van der Waals surface area contributed by atoms with Gasteiger partial charge in [0.05, 0.1) is 18.7 Å². The molecule has 1 aromatic rings. The number of aromatic nitrogens is 1. The molecule has 0 spiro atoms. The number of hydrogen-bond donors (Lipinski definition) is 2. The third kappa shape index (κ3) is 5.55. The Kier molecular flexibility index (Phi) is 6.87. The Morgan fingerprint density at radius 3 is 2.55 bits per heavy atom. The molecule has 158 valence electrons. The quantitative estimate of drug-likeness (QED) is 0.736. The number of amides is 2. The van der Waals surface area contributed by atoms with E-state index < -0.39 is 5.54 Å². The lowest BCUT2D eigenvalue weighted by molar-refractivity contribution is -0.128. The van der Waals surface area contributed by atoms with E-state index in [1.54, 1.807) is 13.0 Å². The lowest BCUT2D eigenvalue weighted by Crippen LogP contribution is -2.58. The van der Waals surface area contributed by atoms with Gasteiger partial charge >= 0.3 is 0 Å². The molecule has 1 aliphatic carbocycles. The van der Waals surface area contributed by atoms with Gasteiger partial charge in [0.2, 0.25) is 11.8 Å².